The zero-order valence-electron chi connectivity index (χ0n) is 7.31. The normalized spacial score (nSPS) is 22.3. The quantitative estimate of drug-likeness (QED) is 0.593. The molecule has 1 saturated heterocycles. The molecule has 0 aliphatic carbocycles. The van der Waals surface area contributed by atoms with E-state index in [0.29, 0.717) is 19.6 Å². The average molecular weight is 173 g/mol. The van der Waals surface area contributed by atoms with E-state index >= 15 is 0 Å². The van der Waals surface area contributed by atoms with Crippen LogP contribution in [0.2, 0.25) is 0 Å². The van der Waals surface area contributed by atoms with Crippen LogP contribution in [0.5, 0.6) is 0 Å². The van der Waals surface area contributed by atoms with Gasteiger partial charge in [0.25, 0.3) is 0 Å². The van der Waals surface area contributed by atoms with Crippen molar-refractivity contribution in [2.24, 2.45) is 5.29 Å². The lowest BCUT2D eigenvalue weighted by Crippen LogP contribution is -2.46. The molecular formula is C7H15N3O2. The van der Waals surface area contributed by atoms with Gasteiger partial charge in [-0.15, -0.1) is 4.91 Å². The molecule has 0 amide bonds. The lowest BCUT2D eigenvalue weighted by Gasteiger charge is -2.31. The van der Waals surface area contributed by atoms with Crippen molar-refractivity contribution in [3.05, 3.63) is 4.91 Å². The van der Waals surface area contributed by atoms with Crippen molar-refractivity contribution in [3.8, 4) is 0 Å². The first-order chi connectivity index (χ1) is 5.72. The summed E-state index contributed by atoms with van der Waals surface area (Å²) in [6.45, 7) is 5.44. The molecule has 0 aromatic carbocycles. The minimum absolute atomic E-state index is 0.291. The van der Waals surface area contributed by atoms with E-state index in [9.17, 15) is 4.91 Å². The number of hydrogen-bond acceptors (Lipinski definition) is 4. The number of aliphatic hydroxyl groups is 1. The fourth-order valence-electron chi connectivity index (χ4n) is 1.38. The maximum atomic E-state index is 10.1. The third-order valence-electron chi connectivity index (χ3n) is 1.99. The molecule has 1 aliphatic heterocycles. The molecule has 0 radical (unpaired) electrons. The van der Waals surface area contributed by atoms with E-state index in [1.165, 1.54) is 5.01 Å². The topological polar surface area (TPSA) is 56.1 Å². The summed E-state index contributed by atoms with van der Waals surface area (Å²) in [5.41, 5.74) is 0. The minimum Gasteiger partial charge on any atom is -0.392 e. The molecule has 0 spiro atoms. The van der Waals surface area contributed by atoms with Crippen LogP contribution in [0, 0.1) is 4.91 Å². The lowest BCUT2D eigenvalue weighted by atomic mass is 10.3. The number of nitroso groups, excluding NO2 is 1. The van der Waals surface area contributed by atoms with Gasteiger partial charge in [-0.2, -0.15) is 0 Å². The lowest BCUT2D eigenvalue weighted by molar-refractivity contribution is 0.0814. The molecule has 1 aliphatic rings. The van der Waals surface area contributed by atoms with Crippen molar-refractivity contribution >= 4 is 0 Å². The van der Waals surface area contributed by atoms with Crippen molar-refractivity contribution in [2.45, 2.75) is 13.0 Å². The Hall–Kier alpha value is -0.680. The molecular weight excluding hydrogens is 158 g/mol. The molecule has 12 heavy (non-hydrogen) atoms. The smallest absolute Gasteiger partial charge is 0.0639 e. The Balaban J connectivity index is 2.21. The van der Waals surface area contributed by atoms with E-state index in [4.69, 9.17) is 5.11 Å². The maximum Gasteiger partial charge on any atom is 0.0639 e. The number of β-amino-alcohol motifs (C(OH)–C–C–N with tert-alkyl or cyclic N) is 1. The van der Waals surface area contributed by atoms with Crippen LogP contribution >= 0.6 is 0 Å². The molecule has 1 fully saturated rings. The van der Waals surface area contributed by atoms with Gasteiger partial charge in [-0.25, -0.2) is 0 Å². The number of aliphatic hydroxyl groups excluding tert-OH is 1. The van der Waals surface area contributed by atoms with Crippen LogP contribution in [-0.4, -0.2) is 53.8 Å². The molecule has 70 valence electrons. The standard InChI is InChI=1S/C7H15N3O2/c1-7(11)6-9-2-4-10(8-12)5-3-9/h7,11H,2-6H2,1H3/t7-/m0/s1. The number of hydrogen-bond donors (Lipinski definition) is 1. The number of nitrogens with zero attached hydrogens (tertiary/aromatic N) is 3. The Morgan fingerprint density at radius 1 is 1.42 bits per heavy atom. The largest absolute Gasteiger partial charge is 0.392 e. The average Bonchev–Trinajstić information content (AvgIpc) is 2.05. The Bertz CT molecular complexity index is 144. The fraction of sp³-hybridized carbons (Fsp3) is 1.00. The van der Waals surface area contributed by atoms with E-state index in [1.807, 2.05) is 0 Å². The van der Waals surface area contributed by atoms with Gasteiger partial charge >= 0.3 is 0 Å². The molecule has 1 N–H and O–H groups in total. The first kappa shape index (κ1) is 9.41. The highest BCUT2D eigenvalue weighted by Gasteiger charge is 2.16. The summed E-state index contributed by atoms with van der Waals surface area (Å²) >= 11 is 0. The molecule has 1 rings (SSSR count). The summed E-state index contributed by atoms with van der Waals surface area (Å²) in [7, 11) is 0. The molecule has 1 heterocycles. The summed E-state index contributed by atoms with van der Waals surface area (Å²) in [5.74, 6) is 0. The second-order valence-corrected chi connectivity index (χ2v) is 3.18. The second-order valence-electron chi connectivity index (χ2n) is 3.18. The summed E-state index contributed by atoms with van der Waals surface area (Å²) in [6.07, 6.45) is -0.291. The second kappa shape index (κ2) is 4.37. The van der Waals surface area contributed by atoms with Crippen molar-refractivity contribution < 1.29 is 5.11 Å². The molecule has 5 nitrogen and oxygen atoms in total. The highest BCUT2D eigenvalue weighted by atomic mass is 16.3. The summed E-state index contributed by atoms with van der Waals surface area (Å²) in [4.78, 5) is 12.2. The van der Waals surface area contributed by atoms with Crippen LogP contribution in [0.3, 0.4) is 0 Å². The third-order valence-corrected chi connectivity index (χ3v) is 1.99. The van der Waals surface area contributed by atoms with Crippen LogP contribution in [0.1, 0.15) is 6.92 Å². The molecule has 0 saturated carbocycles. The summed E-state index contributed by atoms with van der Waals surface area (Å²) in [6, 6.07) is 0. The first-order valence-corrected chi connectivity index (χ1v) is 4.21. The molecule has 0 bridgehead atoms. The molecule has 0 aromatic rings. The van der Waals surface area contributed by atoms with Crippen LogP contribution in [-0.2, 0) is 0 Å². The zero-order valence-corrected chi connectivity index (χ0v) is 7.31. The highest BCUT2D eigenvalue weighted by molar-refractivity contribution is 4.70. The van der Waals surface area contributed by atoms with E-state index < -0.39 is 0 Å². The molecule has 5 heteroatoms. The van der Waals surface area contributed by atoms with E-state index in [0.717, 1.165) is 13.1 Å². The molecule has 0 unspecified atom stereocenters. The monoisotopic (exact) mass is 173 g/mol. The van der Waals surface area contributed by atoms with Gasteiger partial charge in [0.2, 0.25) is 0 Å². The Morgan fingerprint density at radius 3 is 2.42 bits per heavy atom. The minimum atomic E-state index is -0.291. The van der Waals surface area contributed by atoms with Gasteiger partial charge in [-0.05, 0) is 6.92 Å². The highest BCUT2D eigenvalue weighted by Crippen LogP contribution is 2.01. The first-order valence-electron chi connectivity index (χ1n) is 4.21. The van der Waals surface area contributed by atoms with Crippen molar-refractivity contribution in [1.29, 1.82) is 0 Å². The fourth-order valence-corrected chi connectivity index (χ4v) is 1.38. The Morgan fingerprint density at radius 2 is 2.00 bits per heavy atom. The van der Waals surface area contributed by atoms with Gasteiger partial charge in [0.1, 0.15) is 0 Å². The summed E-state index contributed by atoms with van der Waals surface area (Å²) in [5, 5.41) is 13.5. The van der Waals surface area contributed by atoms with Gasteiger partial charge in [0, 0.05) is 19.6 Å². The van der Waals surface area contributed by atoms with Crippen molar-refractivity contribution in [3.63, 3.8) is 0 Å². The van der Waals surface area contributed by atoms with Gasteiger partial charge < -0.3 is 5.11 Å². The molecule has 0 aromatic heterocycles. The van der Waals surface area contributed by atoms with Crippen LogP contribution in [0.15, 0.2) is 5.29 Å². The number of rotatable bonds is 3. The van der Waals surface area contributed by atoms with Crippen molar-refractivity contribution in [1.82, 2.24) is 9.91 Å². The Kier molecular flexibility index (Phi) is 3.43. The van der Waals surface area contributed by atoms with Gasteiger partial charge in [-0.1, -0.05) is 0 Å². The Labute approximate surface area is 71.9 Å². The van der Waals surface area contributed by atoms with Gasteiger partial charge in [0.15, 0.2) is 0 Å². The van der Waals surface area contributed by atoms with E-state index in [-0.39, 0.29) is 6.10 Å². The summed E-state index contributed by atoms with van der Waals surface area (Å²) < 4.78 is 0. The maximum absolute atomic E-state index is 10.1. The predicted molar refractivity (Wildman–Crippen MR) is 45.5 cm³/mol. The van der Waals surface area contributed by atoms with Crippen LogP contribution < -0.4 is 0 Å². The van der Waals surface area contributed by atoms with Gasteiger partial charge in [-0.3, -0.25) is 9.91 Å². The SMILES string of the molecule is C[C@H](O)CN1CCN(N=O)CC1. The molecule has 1 atom stereocenters. The van der Waals surface area contributed by atoms with Crippen LogP contribution in [0.25, 0.3) is 0 Å². The third kappa shape index (κ3) is 2.75. The van der Waals surface area contributed by atoms with E-state index in [1.54, 1.807) is 6.92 Å². The number of piperazine rings is 1. The zero-order chi connectivity index (χ0) is 8.97. The van der Waals surface area contributed by atoms with Crippen molar-refractivity contribution in [2.75, 3.05) is 32.7 Å². The van der Waals surface area contributed by atoms with Crippen LogP contribution in [0.4, 0.5) is 0 Å². The van der Waals surface area contributed by atoms with Gasteiger partial charge in [0.05, 0.1) is 24.5 Å². The predicted octanol–water partition coefficient (Wildman–Crippen LogP) is -0.334. The van der Waals surface area contributed by atoms with E-state index in [2.05, 4.69) is 10.2 Å².